The van der Waals surface area contributed by atoms with Gasteiger partial charge in [0, 0.05) is 42.8 Å². The molecular weight excluding hydrogens is 444 g/mol. The summed E-state index contributed by atoms with van der Waals surface area (Å²) in [4.78, 5) is 14.7. The van der Waals surface area contributed by atoms with Crippen molar-refractivity contribution in [3.63, 3.8) is 0 Å². The first-order valence-electron chi connectivity index (χ1n) is 8.92. The van der Waals surface area contributed by atoms with E-state index in [1.807, 2.05) is 24.3 Å². The van der Waals surface area contributed by atoms with Gasteiger partial charge in [0.05, 0.1) is 17.6 Å². The number of hydrogen-bond acceptors (Lipinski definition) is 5. The molecule has 0 saturated carbocycles. The summed E-state index contributed by atoms with van der Waals surface area (Å²) in [6, 6.07) is 12.8. The van der Waals surface area contributed by atoms with Crippen molar-refractivity contribution in [2.24, 2.45) is 0 Å². The first-order chi connectivity index (χ1) is 13.3. The lowest BCUT2D eigenvalue weighted by atomic mass is 10.1. The van der Waals surface area contributed by atoms with Crippen LogP contribution in [0.2, 0.25) is 0 Å². The van der Waals surface area contributed by atoms with Crippen molar-refractivity contribution >= 4 is 43.2 Å². The largest absolute Gasteiger partial charge is 0.367 e. The second-order valence-electron chi connectivity index (χ2n) is 6.65. The van der Waals surface area contributed by atoms with E-state index in [9.17, 15) is 13.2 Å². The maximum Gasteiger partial charge on any atom is 0.251 e. The molecule has 0 spiro atoms. The Balaban J connectivity index is 1.79. The molecule has 150 valence electrons. The lowest BCUT2D eigenvalue weighted by Gasteiger charge is -2.31. The second-order valence-corrected chi connectivity index (χ2v) is 9.32. The van der Waals surface area contributed by atoms with Gasteiger partial charge in [-0.1, -0.05) is 28.1 Å². The third-order valence-electron chi connectivity index (χ3n) is 4.38. The Morgan fingerprint density at radius 2 is 1.82 bits per heavy atom. The summed E-state index contributed by atoms with van der Waals surface area (Å²) < 4.78 is 27.1. The molecule has 2 aromatic rings. The number of nitrogens with zero attached hydrogens (tertiary/aromatic N) is 1. The third kappa shape index (κ3) is 5.70. The molecule has 1 heterocycles. The predicted molar refractivity (Wildman–Crippen MR) is 115 cm³/mol. The summed E-state index contributed by atoms with van der Waals surface area (Å²) in [6.07, 6.45) is 1.11. The van der Waals surface area contributed by atoms with Crippen molar-refractivity contribution < 1.29 is 13.2 Å². The van der Waals surface area contributed by atoms with E-state index in [0.717, 1.165) is 48.2 Å². The molecule has 2 aromatic carbocycles. The van der Waals surface area contributed by atoms with E-state index in [4.69, 9.17) is 0 Å². The topological polar surface area (TPSA) is 90.5 Å². The number of piperazine rings is 1. The SMILES string of the molecule is CS(=O)(=O)Nc1cc(C(=O)NCc2ccc(Br)cc2)ccc1N1CCNCC1. The number of amides is 1. The average molecular weight is 467 g/mol. The van der Waals surface area contributed by atoms with Crippen molar-refractivity contribution in [3.8, 4) is 0 Å². The summed E-state index contributed by atoms with van der Waals surface area (Å²) in [5.74, 6) is -0.258. The number of halogens is 1. The van der Waals surface area contributed by atoms with Crippen LogP contribution in [0.25, 0.3) is 0 Å². The lowest BCUT2D eigenvalue weighted by molar-refractivity contribution is 0.0951. The molecular formula is C19H23BrN4O3S. The zero-order valence-corrected chi connectivity index (χ0v) is 17.9. The molecule has 0 unspecified atom stereocenters. The number of carbonyl (C=O) groups is 1. The normalized spacial score (nSPS) is 14.6. The molecule has 9 heteroatoms. The van der Waals surface area contributed by atoms with E-state index >= 15 is 0 Å². The van der Waals surface area contributed by atoms with Crippen LogP contribution in [-0.2, 0) is 16.6 Å². The molecule has 0 aliphatic carbocycles. The predicted octanol–water partition coefficient (Wildman–Crippen LogP) is 2.16. The first-order valence-corrected chi connectivity index (χ1v) is 11.6. The van der Waals surface area contributed by atoms with Gasteiger partial charge in [0.15, 0.2) is 0 Å². The molecule has 7 nitrogen and oxygen atoms in total. The first kappa shape index (κ1) is 20.6. The summed E-state index contributed by atoms with van der Waals surface area (Å²) in [6.45, 7) is 3.59. The van der Waals surface area contributed by atoms with Crippen LogP contribution in [0, 0.1) is 0 Å². The zero-order chi connectivity index (χ0) is 20.1. The second kappa shape index (κ2) is 8.93. The number of nitrogens with one attached hydrogen (secondary N) is 3. The minimum absolute atomic E-state index is 0.258. The highest BCUT2D eigenvalue weighted by Crippen LogP contribution is 2.28. The van der Waals surface area contributed by atoms with Gasteiger partial charge >= 0.3 is 0 Å². The van der Waals surface area contributed by atoms with Gasteiger partial charge < -0.3 is 15.5 Å². The van der Waals surface area contributed by atoms with Crippen molar-refractivity contribution in [1.82, 2.24) is 10.6 Å². The number of benzene rings is 2. The molecule has 1 fully saturated rings. The molecule has 0 radical (unpaired) electrons. The van der Waals surface area contributed by atoms with E-state index in [1.54, 1.807) is 18.2 Å². The number of rotatable bonds is 6. The van der Waals surface area contributed by atoms with Crippen molar-refractivity contribution in [2.45, 2.75) is 6.54 Å². The van der Waals surface area contributed by atoms with Crippen LogP contribution in [0.3, 0.4) is 0 Å². The Bertz CT molecular complexity index is 942. The molecule has 0 aromatic heterocycles. The summed E-state index contributed by atoms with van der Waals surface area (Å²) in [5.41, 5.74) is 2.57. The van der Waals surface area contributed by atoms with Crippen LogP contribution >= 0.6 is 15.9 Å². The fourth-order valence-corrected chi connectivity index (χ4v) is 3.85. The van der Waals surface area contributed by atoms with Gasteiger partial charge in [-0.05, 0) is 35.9 Å². The fourth-order valence-electron chi connectivity index (χ4n) is 3.03. The molecule has 3 rings (SSSR count). The van der Waals surface area contributed by atoms with E-state index in [1.165, 1.54) is 0 Å². The lowest BCUT2D eigenvalue weighted by Crippen LogP contribution is -2.43. The summed E-state index contributed by atoms with van der Waals surface area (Å²) in [5, 5.41) is 6.14. The fraction of sp³-hybridized carbons (Fsp3) is 0.316. The molecule has 1 amide bonds. The van der Waals surface area contributed by atoms with Crippen LogP contribution < -0.4 is 20.3 Å². The number of hydrogen-bond donors (Lipinski definition) is 3. The van der Waals surface area contributed by atoms with Crippen molar-refractivity contribution in [1.29, 1.82) is 0 Å². The highest BCUT2D eigenvalue weighted by atomic mass is 79.9. The van der Waals surface area contributed by atoms with Crippen molar-refractivity contribution in [2.75, 3.05) is 42.1 Å². The molecule has 3 N–H and O–H groups in total. The van der Waals surface area contributed by atoms with E-state index in [-0.39, 0.29) is 5.91 Å². The monoisotopic (exact) mass is 466 g/mol. The molecule has 28 heavy (non-hydrogen) atoms. The zero-order valence-electron chi connectivity index (χ0n) is 15.5. The van der Waals surface area contributed by atoms with Crippen molar-refractivity contribution in [3.05, 3.63) is 58.1 Å². The number of carbonyl (C=O) groups excluding carboxylic acids is 1. The van der Waals surface area contributed by atoms with Gasteiger partial charge in [-0.2, -0.15) is 0 Å². The van der Waals surface area contributed by atoms with Gasteiger partial charge in [0.25, 0.3) is 5.91 Å². The van der Waals surface area contributed by atoms with E-state index < -0.39 is 10.0 Å². The Labute approximate surface area is 173 Å². The summed E-state index contributed by atoms with van der Waals surface area (Å²) in [7, 11) is -3.47. The maximum absolute atomic E-state index is 12.6. The Morgan fingerprint density at radius 1 is 1.14 bits per heavy atom. The van der Waals surface area contributed by atoms with Crippen LogP contribution in [0.5, 0.6) is 0 Å². The molecule has 0 bridgehead atoms. The maximum atomic E-state index is 12.6. The van der Waals surface area contributed by atoms with Crippen LogP contribution in [0.1, 0.15) is 15.9 Å². The van der Waals surface area contributed by atoms with Crippen LogP contribution in [0.4, 0.5) is 11.4 Å². The van der Waals surface area contributed by atoms with Gasteiger partial charge in [0.2, 0.25) is 10.0 Å². The summed E-state index contributed by atoms with van der Waals surface area (Å²) >= 11 is 3.38. The van der Waals surface area contributed by atoms with Crippen LogP contribution in [0.15, 0.2) is 46.9 Å². The van der Waals surface area contributed by atoms with E-state index in [0.29, 0.717) is 17.8 Å². The highest BCUT2D eigenvalue weighted by molar-refractivity contribution is 9.10. The number of anilines is 2. The third-order valence-corrected chi connectivity index (χ3v) is 5.50. The standard InChI is InChI=1S/C19H23BrN4O3S/c1-28(26,27)23-17-12-15(4-7-18(17)24-10-8-21-9-11-24)19(25)22-13-14-2-5-16(20)6-3-14/h2-7,12,21,23H,8-11,13H2,1H3,(H,22,25). The number of sulfonamides is 1. The minimum atomic E-state index is -3.47. The Morgan fingerprint density at radius 3 is 2.46 bits per heavy atom. The molecule has 1 aliphatic heterocycles. The van der Waals surface area contributed by atoms with Gasteiger partial charge in [0.1, 0.15) is 0 Å². The van der Waals surface area contributed by atoms with Gasteiger partial charge in [-0.15, -0.1) is 0 Å². The minimum Gasteiger partial charge on any atom is -0.367 e. The quantitative estimate of drug-likeness (QED) is 0.606. The molecule has 1 saturated heterocycles. The Hall–Kier alpha value is -2.10. The smallest absolute Gasteiger partial charge is 0.251 e. The van der Waals surface area contributed by atoms with E-state index in [2.05, 4.69) is 36.2 Å². The highest BCUT2D eigenvalue weighted by Gasteiger charge is 2.18. The molecule has 0 atom stereocenters. The van der Waals surface area contributed by atoms with Crippen LogP contribution in [-0.4, -0.2) is 46.8 Å². The van der Waals surface area contributed by atoms with Gasteiger partial charge in [-0.25, -0.2) is 8.42 Å². The molecule has 1 aliphatic rings. The van der Waals surface area contributed by atoms with Gasteiger partial charge in [-0.3, -0.25) is 9.52 Å². The Kier molecular flexibility index (Phi) is 6.58. The average Bonchev–Trinajstić information content (AvgIpc) is 2.66.